The Balaban J connectivity index is 1.93. The normalized spacial score (nSPS) is 11.5. The molecule has 1 nitrogen and oxygen atoms in total. The summed E-state index contributed by atoms with van der Waals surface area (Å²) in [6, 6.07) is 29.5. The number of hydrogen-bond donors (Lipinski definition) is 1. The molecule has 0 aliphatic carbocycles. The zero-order valence-electron chi connectivity index (χ0n) is 15.4. The van der Waals surface area contributed by atoms with Crippen LogP contribution in [0.4, 0.5) is 0 Å². The molecule has 0 radical (unpaired) electrons. The van der Waals surface area contributed by atoms with Crippen LogP contribution in [0.1, 0.15) is 23.6 Å². The molecule has 0 aliphatic heterocycles. The number of hydrogen-bond acceptors (Lipinski definition) is 1. The van der Waals surface area contributed by atoms with Gasteiger partial charge < -0.3 is 5.11 Å². The van der Waals surface area contributed by atoms with Crippen LogP contribution in [-0.4, -0.2) is 10.7 Å². The van der Waals surface area contributed by atoms with Crippen molar-refractivity contribution in [1.29, 1.82) is 0 Å². The van der Waals surface area contributed by atoms with E-state index in [1.54, 1.807) is 0 Å². The molecule has 3 aromatic carbocycles. The third-order valence-corrected chi connectivity index (χ3v) is 4.44. The molecule has 0 heterocycles. The first-order valence-corrected chi connectivity index (χ1v) is 9.08. The molecule has 0 saturated carbocycles. The lowest BCUT2D eigenvalue weighted by atomic mass is 9.84. The maximum Gasteiger partial charge on any atom is 0.191 e. The van der Waals surface area contributed by atoms with Crippen molar-refractivity contribution < 1.29 is 5.11 Å². The molecule has 0 fully saturated rings. The lowest BCUT2D eigenvalue weighted by Gasteiger charge is -2.24. The molecule has 1 unspecified atom stereocenters. The zero-order valence-corrected chi connectivity index (χ0v) is 15.4. The highest BCUT2D eigenvalue weighted by Crippen LogP contribution is 2.21. The van der Waals surface area contributed by atoms with Crippen molar-refractivity contribution >= 4 is 0 Å². The second kappa shape index (κ2) is 8.91. The largest absolute Gasteiger partial charge is 0.367 e. The first kappa shape index (κ1) is 18.5. The van der Waals surface area contributed by atoms with Gasteiger partial charge in [-0.1, -0.05) is 85.5 Å². The van der Waals surface area contributed by atoms with Crippen LogP contribution >= 0.6 is 0 Å². The van der Waals surface area contributed by atoms with Gasteiger partial charge in [0.25, 0.3) is 0 Å². The maximum absolute atomic E-state index is 11.3. The Hall–Kier alpha value is -3.26. The van der Waals surface area contributed by atoms with Gasteiger partial charge in [-0.25, -0.2) is 0 Å². The Labute approximate surface area is 161 Å². The second-order valence-electron chi connectivity index (χ2n) is 6.59. The summed E-state index contributed by atoms with van der Waals surface area (Å²) >= 11 is 0. The molecule has 0 bridgehead atoms. The topological polar surface area (TPSA) is 20.2 Å². The van der Waals surface area contributed by atoms with E-state index in [4.69, 9.17) is 0 Å². The minimum atomic E-state index is -1.40. The molecule has 3 rings (SSSR count). The predicted octanol–water partition coefficient (Wildman–Crippen LogP) is 4.70. The van der Waals surface area contributed by atoms with Gasteiger partial charge in [-0.3, -0.25) is 0 Å². The molecule has 0 amide bonds. The second-order valence-corrected chi connectivity index (χ2v) is 6.59. The van der Waals surface area contributed by atoms with Gasteiger partial charge in [-0.05, 0) is 48.1 Å². The molecule has 1 atom stereocenters. The van der Waals surface area contributed by atoms with Crippen LogP contribution < -0.4 is 0 Å². The van der Waals surface area contributed by atoms with Crippen LogP contribution in [-0.2, 0) is 6.42 Å². The molecule has 27 heavy (non-hydrogen) atoms. The smallest absolute Gasteiger partial charge is 0.191 e. The minimum absolute atomic E-state index is 0.146. The summed E-state index contributed by atoms with van der Waals surface area (Å²) in [6.07, 6.45) is 0.699. The van der Waals surface area contributed by atoms with Gasteiger partial charge in [0.2, 0.25) is 0 Å². The SMILES string of the molecule is CC(Cc1ccccc1)C(O)(C#Cc1ccccc1)C#Cc1ccccc1. The van der Waals surface area contributed by atoms with Gasteiger partial charge in [-0.2, -0.15) is 0 Å². The van der Waals surface area contributed by atoms with E-state index in [9.17, 15) is 5.11 Å². The summed E-state index contributed by atoms with van der Waals surface area (Å²) in [4.78, 5) is 0. The summed E-state index contributed by atoms with van der Waals surface area (Å²) < 4.78 is 0. The number of aliphatic hydroxyl groups is 1. The van der Waals surface area contributed by atoms with E-state index in [0.717, 1.165) is 16.7 Å². The molecule has 1 heteroatoms. The Morgan fingerprint density at radius 3 is 1.56 bits per heavy atom. The molecule has 3 aromatic rings. The van der Waals surface area contributed by atoms with Crippen LogP contribution in [0.25, 0.3) is 0 Å². The van der Waals surface area contributed by atoms with Crippen molar-refractivity contribution in [2.45, 2.75) is 18.9 Å². The molecule has 1 N–H and O–H groups in total. The highest BCUT2D eigenvalue weighted by molar-refractivity contribution is 5.44. The predicted molar refractivity (Wildman–Crippen MR) is 111 cm³/mol. The fourth-order valence-corrected chi connectivity index (χ4v) is 2.77. The van der Waals surface area contributed by atoms with Crippen molar-refractivity contribution in [2.75, 3.05) is 0 Å². The molecule has 0 aliphatic rings. The van der Waals surface area contributed by atoms with E-state index in [-0.39, 0.29) is 5.92 Å². The summed E-state index contributed by atoms with van der Waals surface area (Å²) in [5.74, 6) is 12.1. The van der Waals surface area contributed by atoms with Gasteiger partial charge in [-0.15, -0.1) is 0 Å². The third kappa shape index (κ3) is 5.35. The maximum atomic E-state index is 11.3. The van der Waals surface area contributed by atoms with Crippen molar-refractivity contribution in [1.82, 2.24) is 0 Å². The fourth-order valence-electron chi connectivity index (χ4n) is 2.77. The van der Waals surface area contributed by atoms with Crippen molar-refractivity contribution in [2.24, 2.45) is 5.92 Å². The van der Waals surface area contributed by atoms with Crippen molar-refractivity contribution in [3.8, 4) is 23.7 Å². The summed E-state index contributed by atoms with van der Waals surface area (Å²) in [6.45, 7) is 1.99. The van der Waals surface area contributed by atoms with E-state index in [2.05, 4.69) is 35.8 Å². The molecule has 132 valence electrons. The fraction of sp³-hybridized carbons (Fsp3) is 0.154. The average Bonchev–Trinajstić information content (AvgIpc) is 2.73. The van der Waals surface area contributed by atoms with E-state index in [0.29, 0.717) is 6.42 Å². The first-order chi connectivity index (χ1) is 13.2. The Kier molecular flexibility index (Phi) is 6.11. The van der Waals surface area contributed by atoms with E-state index in [1.807, 2.05) is 85.8 Å². The van der Waals surface area contributed by atoms with Crippen molar-refractivity contribution in [3.05, 3.63) is 108 Å². The zero-order chi connectivity index (χ0) is 19.0. The molecular formula is C26H22O. The van der Waals surface area contributed by atoms with Crippen LogP contribution in [0.2, 0.25) is 0 Å². The molecule has 0 spiro atoms. The monoisotopic (exact) mass is 350 g/mol. The number of benzene rings is 3. The summed E-state index contributed by atoms with van der Waals surface area (Å²) in [5.41, 5.74) is 1.49. The third-order valence-electron chi connectivity index (χ3n) is 4.44. The van der Waals surface area contributed by atoms with Gasteiger partial charge in [0.15, 0.2) is 5.60 Å². The lowest BCUT2D eigenvalue weighted by molar-refractivity contribution is 0.103. The van der Waals surface area contributed by atoms with E-state index in [1.165, 1.54) is 0 Å². The Morgan fingerprint density at radius 2 is 1.11 bits per heavy atom. The van der Waals surface area contributed by atoms with Gasteiger partial charge in [0, 0.05) is 17.0 Å². The number of rotatable bonds is 3. The van der Waals surface area contributed by atoms with Gasteiger partial charge >= 0.3 is 0 Å². The molecule has 0 saturated heterocycles. The van der Waals surface area contributed by atoms with Gasteiger partial charge in [0.1, 0.15) is 0 Å². The van der Waals surface area contributed by atoms with Crippen LogP contribution in [0.3, 0.4) is 0 Å². The first-order valence-electron chi connectivity index (χ1n) is 9.08. The standard InChI is InChI=1S/C26H22O/c1-22(21-25-15-9-4-10-16-25)26(27,19-17-23-11-5-2-6-12-23)20-18-24-13-7-3-8-14-24/h2-16,22,27H,21H2,1H3. The van der Waals surface area contributed by atoms with Gasteiger partial charge in [0.05, 0.1) is 0 Å². The molecular weight excluding hydrogens is 328 g/mol. The highest BCUT2D eigenvalue weighted by Gasteiger charge is 2.30. The highest BCUT2D eigenvalue weighted by atomic mass is 16.3. The summed E-state index contributed by atoms with van der Waals surface area (Å²) in [5, 5.41) is 11.3. The lowest BCUT2D eigenvalue weighted by Crippen LogP contribution is -2.34. The summed E-state index contributed by atoms with van der Waals surface area (Å²) in [7, 11) is 0. The quantitative estimate of drug-likeness (QED) is 0.679. The van der Waals surface area contributed by atoms with E-state index >= 15 is 0 Å². The average molecular weight is 350 g/mol. The molecule has 0 aromatic heterocycles. The minimum Gasteiger partial charge on any atom is -0.367 e. The Bertz CT molecular complexity index is 910. The van der Waals surface area contributed by atoms with Crippen LogP contribution in [0.5, 0.6) is 0 Å². The van der Waals surface area contributed by atoms with Crippen LogP contribution in [0.15, 0.2) is 91.0 Å². The van der Waals surface area contributed by atoms with E-state index < -0.39 is 5.60 Å². The van der Waals surface area contributed by atoms with Crippen LogP contribution in [0, 0.1) is 29.6 Å². The Morgan fingerprint density at radius 1 is 0.704 bits per heavy atom. The van der Waals surface area contributed by atoms with Crippen molar-refractivity contribution in [3.63, 3.8) is 0 Å².